The van der Waals surface area contributed by atoms with Crippen LogP contribution >= 0.6 is 11.3 Å². The van der Waals surface area contributed by atoms with Gasteiger partial charge < -0.3 is 21.1 Å². The lowest BCUT2D eigenvalue weighted by atomic mass is 10.1. The summed E-state index contributed by atoms with van der Waals surface area (Å²) in [5, 5.41) is 11.9. The minimum absolute atomic E-state index is 0.0173. The van der Waals surface area contributed by atoms with Crippen molar-refractivity contribution in [2.24, 2.45) is 5.73 Å². The number of hydrogen-bond donors (Lipinski definition) is 3. The molecule has 5 rings (SSSR count). The SMILES string of the molecule is C[C@@H]1CC[C@@H](N)N1Cc1sc(Nc2ncnc(N3CCN(CCC(=O)O)CC3)c2F)nc1-c1cc(F)cc(C(F)(F)F)c1. The zero-order valence-corrected chi connectivity index (χ0v) is 24.1. The number of thiazole rings is 1. The van der Waals surface area contributed by atoms with Crippen molar-refractivity contribution in [2.75, 3.05) is 42.9 Å². The van der Waals surface area contributed by atoms with E-state index in [2.05, 4.69) is 20.3 Å². The molecule has 3 aromatic rings. The number of likely N-dealkylation sites (tertiary alicyclic amines) is 1. The lowest BCUT2D eigenvalue weighted by Gasteiger charge is -2.35. The fourth-order valence-electron chi connectivity index (χ4n) is 5.34. The topological polar surface area (TPSA) is 124 Å². The van der Waals surface area contributed by atoms with Crippen LogP contribution in [0, 0.1) is 11.6 Å². The maximum atomic E-state index is 15.6. The largest absolute Gasteiger partial charge is 0.481 e. The van der Waals surface area contributed by atoms with Crippen molar-refractivity contribution in [1.82, 2.24) is 24.8 Å². The molecule has 2 aliphatic heterocycles. The summed E-state index contributed by atoms with van der Waals surface area (Å²) < 4.78 is 70.5. The number of anilines is 3. The lowest BCUT2D eigenvalue weighted by Crippen LogP contribution is -2.47. The highest BCUT2D eigenvalue weighted by molar-refractivity contribution is 7.16. The first-order valence-corrected chi connectivity index (χ1v) is 14.6. The second kappa shape index (κ2) is 12.6. The number of nitrogens with one attached hydrogen (secondary N) is 1. The van der Waals surface area contributed by atoms with Crippen LogP contribution < -0.4 is 16.0 Å². The zero-order chi connectivity index (χ0) is 30.9. The zero-order valence-electron chi connectivity index (χ0n) is 23.2. The summed E-state index contributed by atoms with van der Waals surface area (Å²) in [5.41, 5.74) is 5.21. The average Bonchev–Trinajstić information content (AvgIpc) is 3.50. The van der Waals surface area contributed by atoms with Crippen LogP contribution in [0.5, 0.6) is 0 Å². The number of piperazine rings is 1. The molecule has 0 unspecified atom stereocenters. The molecular weight excluding hydrogens is 595 g/mol. The fraction of sp³-hybridized carbons (Fsp3) is 0.481. The van der Waals surface area contributed by atoms with Crippen LogP contribution in [0.1, 0.15) is 36.6 Å². The minimum atomic E-state index is -4.76. The molecular formula is C27H31F5N8O2S. The molecule has 0 aliphatic carbocycles. The van der Waals surface area contributed by atoms with Crippen molar-refractivity contribution in [1.29, 1.82) is 0 Å². The van der Waals surface area contributed by atoms with Gasteiger partial charge in [-0.1, -0.05) is 11.3 Å². The van der Waals surface area contributed by atoms with Gasteiger partial charge >= 0.3 is 12.1 Å². The highest BCUT2D eigenvalue weighted by Crippen LogP contribution is 2.39. The first-order chi connectivity index (χ1) is 20.4. The maximum Gasteiger partial charge on any atom is 0.416 e. The number of carboxylic acid groups (broad SMARTS) is 1. The van der Waals surface area contributed by atoms with Gasteiger partial charge in [0.1, 0.15) is 12.1 Å². The third kappa shape index (κ3) is 7.20. The number of alkyl halides is 3. The van der Waals surface area contributed by atoms with Crippen molar-refractivity contribution in [3.63, 3.8) is 0 Å². The number of halogens is 5. The highest BCUT2D eigenvalue weighted by atomic mass is 32.1. The van der Waals surface area contributed by atoms with E-state index in [0.717, 1.165) is 36.3 Å². The van der Waals surface area contributed by atoms with Crippen molar-refractivity contribution < 1.29 is 31.9 Å². The Morgan fingerprint density at radius 3 is 2.53 bits per heavy atom. The molecule has 232 valence electrons. The van der Waals surface area contributed by atoms with Crippen LogP contribution in [0.15, 0.2) is 24.5 Å². The number of aliphatic carboxylic acids is 1. The number of aromatic nitrogens is 3. The molecule has 43 heavy (non-hydrogen) atoms. The summed E-state index contributed by atoms with van der Waals surface area (Å²) >= 11 is 1.10. The fourth-order valence-corrected chi connectivity index (χ4v) is 6.34. The molecule has 0 bridgehead atoms. The summed E-state index contributed by atoms with van der Waals surface area (Å²) in [7, 11) is 0. The van der Waals surface area contributed by atoms with Gasteiger partial charge in [-0.25, -0.2) is 19.3 Å². The molecule has 2 aliphatic rings. The molecule has 16 heteroatoms. The molecule has 2 aromatic heterocycles. The molecule has 0 radical (unpaired) electrons. The standard InChI is InChI=1S/C27H31F5N8O2S/c1-15-2-3-20(33)40(15)13-19-23(16-10-17(27(30,31)32)12-18(28)11-16)36-26(43-19)37-24-22(29)25(35-14-34-24)39-8-6-38(7-9-39)5-4-21(41)42/h10-12,14-15,20H,2-9,13,33H2,1H3,(H,41,42)(H,34,35,36,37)/t15-,20+/m1/s1. The molecule has 0 amide bonds. The van der Waals surface area contributed by atoms with Gasteiger partial charge in [0.05, 0.1) is 23.8 Å². The van der Waals surface area contributed by atoms with Gasteiger partial charge in [0.2, 0.25) is 5.82 Å². The third-order valence-electron chi connectivity index (χ3n) is 7.70. The van der Waals surface area contributed by atoms with Gasteiger partial charge in [-0.15, -0.1) is 0 Å². The van der Waals surface area contributed by atoms with Crippen molar-refractivity contribution >= 4 is 34.1 Å². The van der Waals surface area contributed by atoms with E-state index in [4.69, 9.17) is 10.8 Å². The molecule has 2 saturated heterocycles. The molecule has 10 nitrogen and oxygen atoms in total. The Balaban J connectivity index is 1.42. The Labute approximate surface area is 248 Å². The van der Waals surface area contributed by atoms with Crippen LogP contribution in [-0.2, 0) is 17.5 Å². The summed E-state index contributed by atoms with van der Waals surface area (Å²) in [6.07, 6.45) is -2.21. The van der Waals surface area contributed by atoms with Gasteiger partial charge in [-0.05, 0) is 38.0 Å². The van der Waals surface area contributed by atoms with E-state index >= 15 is 4.39 Å². The number of hydrogen-bond acceptors (Lipinski definition) is 10. The number of nitrogens with zero attached hydrogens (tertiary/aromatic N) is 6. The van der Waals surface area contributed by atoms with E-state index in [1.165, 1.54) is 6.33 Å². The van der Waals surface area contributed by atoms with Crippen molar-refractivity contribution in [3.8, 4) is 11.3 Å². The number of benzene rings is 1. The van der Waals surface area contributed by atoms with Crippen molar-refractivity contribution in [3.05, 3.63) is 46.6 Å². The Morgan fingerprint density at radius 1 is 1.14 bits per heavy atom. The number of carboxylic acids is 1. The summed E-state index contributed by atoms with van der Waals surface area (Å²) in [5.74, 6) is -2.79. The van der Waals surface area contributed by atoms with Crippen LogP contribution in [0.4, 0.5) is 38.7 Å². The number of carbonyl (C=O) groups is 1. The highest BCUT2D eigenvalue weighted by Gasteiger charge is 2.33. The van der Waals surface area contributed by atoms with Crippen LogP contribution in [0.3, 0.4) is 0 Å². The molecule has 0 saturated carbocycles. The van der Waals surface area contributed by atoms with E-state index in [1.54, 1.807) is 4.90 Å². The van der Waals surface area contributed by atoms with Crippen LogP contribution in [-0.4, -0.2) is 80.8 Å². The lowest BCUT2D eigenvalue weighted by molar-refractivity contribution is -0.138. The minimum Gasteiger partial charge on any atom is -0.481 e. The van der Waals surface area contributed by atoms with Gasteiger partial charge in [0.15, 0.2) is 16.8 Å². The van der Waals surface area contributed by atoms with Gasteiger partial charge in [0.25, 0.3) is 0 Å². The quantitative estimate of drug-likeness (QED) is 0.293. The monoisotopic (exact) mass is 626 g/mol. The molecule has 4 N–H and O–H groups in total. The van der Waals surface area contributed by atoms with Crippen LogP contribution in [0.2, 0.25) is 0 Å². The van der Waals surface area contributed by atoms with Gasteiger partial charge in [0, 0.05) is 55.8 Å². The van der Waals surface area contributed by atoms with E-state index in [9.17, 15) is 22.4 Å². The van der Waals surface area contributed by atoms with E-state index in [1.807, 2.05) is 16.7 Å². The first-order valence-electron chi connectivity index (χ1n) is 13.7. The smallest absolute Gasteiger partial charge is 0.416 e. The van der Waals surface area contributed by atoms with E-state index < -0.39 is 29.3 Å². The maximum absolute atomic E-state index is 15.6. The molecule has 1 aromatic carbocycles. The molecule has 0 spiro atoms. The van der Waals surface area contributed by atoms with Crippen molar-refractivity contribution in [2.45, 2.75) is 51.1 Å². The second-order valence-electron chi connectivity index (χ2n) is 10.6. The predicted molar refractivity (Wildman–Crippen MR) is 151 cm³/mol. The third-order valence-corrected chi connectivity index (χ3v) is 8.66. The first kappa shape index (κ1) is 31.0. The normalized spacial score (nSPS) is 20.1. The number of rotatable bonds is 9. The van der Waals surface area contributed by atoms with E-state index in [-0.39, 0.29) is 53.2 Å². The van der Waals surface area contributed by atoms with Crippen LogP contribution in [0.25, 0.3) is 11.3 Å². The average molecular weight is 627 g/mol. The second-order valence-corrected chi connectivity index (χ2v) is 11.7. The predicted octanol–water partition coefficient (Wildman–Crippen LogP) is 4.51. The Morgan fingerprint density at radius 2 is 1.88 bits per heavy atom. The summed E-state index contributed by atoms with van der Waals surface area (Å²) in [6, 6.07) is 2.38. The van der Waals surface area contributed by atoms with Gasteiger partial charge in [-0.3, -0.25) is 14.6 Å². The Bertz CT molecular complexity index is 1450. The summed E-state index contributed by atoms with van der Waals surface area (Å²) in [4.78, 5) is 29.7. The Kier molecular flexibility index (Phi) is 9.10. The van der Waals surface area contributed by atoms with Gasteiger partial charge in [-0.2, -0.15) is 17.6 Å². The molecule has 4 heterocycles. The Hall–Kier alpha value is -3.47. The molecule has 2 atom stereocenters. The molecule has 2 fully saturated rings. The number of nitrogens with two attached hydrogens (primary N) is 1. The van der Waals surface area contributed by atoms with E-state index in [0.29, 0.717) is 43.7 Å². The summed E-state index contributed by atoms with van der Waals surface area (Å²) in [6.45, 7) is 4.57.